The van der Waals surface area contributed by atoms with E-state index in [1.165, 1.54) is 0 Å². The van der Waals surface area contributed by atoms with Crippen LogP contribution in [0, 0.1) is 5.92 Å². The summed E-state index contributed by atoms with van der Waals surface area (Å²) in [5, 5.41) is 5.79. The molecule has 3 amide bonds. The zero-order valence-corrected chi connectivity index (χ0v) is 20.0. The number of amides is 3. The molecular weight excluding hydrogens is 438 g/mol. The molecule has 9 heteroatoms. The van der Waals surface area contributed by atoms with E-state index in [1.54, 1.807) is 37.3 Å². The van der Waals surface area contributed by atoms with Crippen molar-refractivity contribution in [3.63, 3.8) is 0 Å². The molecule has 0 radical (unpaired) electrons. The molecule has 0 aromatic heterocycles. The van der Waals surface area contributed by atoms with Crippen LogP contribution in [0.1, 0.15) is 55.3 Å². The molecule has 186 valence electrons. The highest BCUT2D eigenvalue weighted by Crippen LogP contribution is 2.33. The van der Waals surface area contributed by atoms with E-state index in [-0.39, 0.29) is 54.9 Å². The highest BCUT2D eigenvalue weighted by Gasteiger charge is 2.39. The number of nitrogens with one attached hydrogen (secondary N) is 2. The van der Waals surface area contributed by atoms with Crippen molar-refractivity contribution in [1.29, 1.82) is 0 Å². The minimum Gasteiger partial charge on any atom is -0.490 e. The number of fused-ring (bicyclic) bond motifs is 2. The van der Waals surface area contributed by atoms with Crippen molar-refractivity contribution in [2.45, 2.75) is 63.2 Å². The number of ether oxygens (including phenoxy) is 3. The van der Waals surface area contributed by atoms with Crippen LogP contribution in [0.2, 0.25) is 0 Å². The van der Waals surface area contributed by atoms with Gasteiger partial charge < -0.3 is 29.7 Å². The zero-order valence-electron chi connectivity index (χ0n) is 20.0. The minimum absolute atomic E-state index is 0.0167. The lowest BCUT2D eigenvalue weighted by Crippen LogP contribution is -2.54. The van der Waals surface area contributed by atoms with Crippen LogP contribution in [0.5, 0.6) is 5.75 Å². The number of anilines is 1. The fraction of sp³-hybridized carbons (Fsp3) is 0.640. The number of carbonyl (C=O) groups is 3. The average Bonchev–Trinajstić information content (AvgIpc) is 3.37. The fourth-order valence-electron chi connectivity index (χ4n) is 5.11. The van der Waals surface area contributed by atoms with Gasteiger partial charge in [-0.1, -0.05) is 12.8 Å². The molecule has 3 aliphatic rings. The molecule has 0 bridgehead atoms. The first-order chi connectivity index (χ1) is 16.5. The van der Waals surface area contributed by atoms with Gasteiger partial charge in [0.05, 0.1) is 30.7 Å². The van der Waals surface area contributed by atoms with Gasteiger partial charge in [0.1, 0.15) is 18.5 Å². The maximum Gasteiger partial charge on any atom is 0.257 e. The van der Waals surface area contributed by atoms with E-state index < -0.39 is 0 Å². The van der Waals surface area contributed by atoms with E-state index >= 15 is 0 Å². The maximum atomic E-state index is 13.3. The van der Waals surface area contributed by atoms with Gasteiger partial charge in [0.15, 0.2) is 0 Å². The first kappa shape index (κ1) is 24.5. The van der Waals surface area contributed by atoms with Gasteiger partial charge in [0.25, 0.3) is 5.91 Å². The lowest BCUT2D eigenvalue weighted by Gasteiger charge is -2.42. The van der Waals surface area contributed by atoms with Gasteiger partial charge in [-0.25, -0.2) is 0 Å². The Morgan fingerprint density at radius 1 is 1.18 bits per heavy atom. The molecule has 2 N–H and O–H groups in total. The number of hydrogen-bond donors (Lipinski definition) is 2. The molecule has 0 spiro atoms. The Balaban J connectivity index is 1.41. The van der Waals surface area contributed by atoms with Crippen LogP contribution in [0.25, 0.3) is 0 Å². The van der Waals surface area contributed by atoms with E-state index in [1.807, 2.05) is 0 Å². The lowest BCUT2D eigenvalue weighted by molar-refractivity contribution is -0.134. The van der Waals surface area contributed by atoms with Crippen molar-refractivity contribution in [3.8, 4) is 5.75 Å². The van der Waals surface area contributed by atoms with Crippen LogP contribution in [0.4, 0.5) is 5.69 Å². The van der Waals surface area contributed by atoms with Crippen LogP contribution in [-0.2, 0) is 19.1 Å². The van der Waals surface area contributed by atoms with Crippen molar-refractivity contribution < 1.29 is 28.6 Å². The average molecular weight is 474 g/mol. The summed E-state index contributed by atoms with van der Waals surface area (Å²) < 4.78 is 17.2. The third-order valence-corrected chi connectivity index (χ3v) is 7.05. The summed E-state index contributed by atoms with van der Waals surface area (Å²) in [6, 6.07) is 5.06. The quantitative estimate of drug-likeness (QED) is 0.589. The Morgan fingerprint density at radius 3 is 2.74 bits per heavy atom. The third kappa shape index (κ3) is 5.70. The molecule has 34 heavy (non-hydrogen) atoms. The van der Waals surface area contributed by atoms with Crippen LogP contribution < -0.4 is 15.4 Å². The topological polar surface area (TPSA) is 106 Å². The maximum absolute atomic E-state index is 13.3. The molecule has 0 unspecified atom stereocenters. The molecule has 2 fully saturated rings. The second kappa shape index (κ2) is 11.2. The summed E-state index contributed by atoms with van der Waals surface area (Å²) >= 11 is 0. The number of likely N-dealkylation sites (N-methyl/N-ethyl adjacent to an activating group) is 1. The van der Waals surface area contributed by atoms with Crippen molar-refractivity contribution in [3.05, 3.63) is 23.8 Å². The first-order valence-corrected chi connectivity index (χ1v) is 12.2. The van der Waals surface area contributed by atoms with Gasteiger partial charge in [-0.05, 0) is 43.9 Å². The number of nitrogens with zero attached hydrogens (tertiary/aromatic N) is 1. The van der Waals surface area contributed by atoms with Gasteiger partial charge in [0, 0.05) is 32.3 Å². The molecular formula is C25H35N3O6. The second-order valence-electron chi connectivity index (χ2n) is 9.40. The molecule has 3 atom stereocenters. The monoisotopic (exact) mass is 473 g/mol. The standard InChI is InChI=1S/C25H35N3O6/c1-28-20-9-8-18(14-23(29)26-11-12-32-2)34-22(20)15-33-21-10-7-17(13-19(21)25(28)31)27-24(30)16-5-3-4-6-16/h7,10,13,16,18,20,22H,3-6,8-9,11-12,14-15H2,1-2H3,(H,26,29)(H,27,30)/t18-,20+,22-/m0/s1. The van der Waals surface area contributed by atoms with E-state index in [9.17, 15) is 14.4 Å². The lowest BCUT2D eigenvalue weighted by atomic mass is 9.94. The molecule has 1 saturated carbocycles. The van der Waals surface area contributed by atoms with E-state index in [4.69, 9.17) is 14.2 Å². The summed E-state index contributed by atoms with van der Waals surface area (Å²) in [5.74, 6) is 0.294. The van der Waals surface area contributed by atoms with E-state index in [0.717, 1.165) is 32.1 Å². The van der Waals surface area contributed by atoms with Gasteiger partial charge >= 0.3 is 0 Å². The van der Waals surface area contributed by atoms with E-state index in [2.05, 4.69) is 10.6 Å². The predicted octanol–water partition coefficient (Wildman–Crippen LogP) is 2.35. The summed E-state index contributed by atoms with van der Waals surface area (Å²) in [6.45, 7) is 1.22. The molecule has 1 aliphatic carbocycles. The van der Waals surface area contributed by atoms with Crippen LogP contribution >= 0.6 is 0 Å². The second-order valence-corrected chi connectivity index (χ2v) is 9.40. The van der Waals surface area contributed by atoms with Gasteiger partial charge in [0.2, 0.25) is 11.8 Å². The normalized spacial score (nSPS) is 24.9. The Kier molecular flexibility index (Phi) is 8.05. The third-order valence-electron chi connectivity index (χ3n) is 7.05. The van der Waals surface area contributed by atoms with Crippen molar-refractivity contribution in [2.24, 2.45) is 5.92 Å². The molecule has 2 aliphatic heterocycles. The largest absolute Gasteiger partial charge is 0.490 e. The molecule has 1 aromatic carbocycles. The molecule has 1 saturated heterocycles. The van der Waals surface area contributed by atoms with Crippen molar-refractivity contribution in [2.75, 3.05) is 39.2 Å². The molecule has 1 aromatic rings. The predicted molar refractivity (Wildman–Crippen MR) is 126 cm³/mol. The molecule has 4 rings (SSSR count). The number of benzene rings is 1. The SMILES string of the molecule is COCCNC(=O)C[C@@H]1CC[C@@H]2[C@H](COc3ccc(NC(=O)C4CCCC4)cc3C(=O)N2C)O1. The molecule has 2 heterocycles. The zero-order chi connectivity index (χ0) is 24.1. The van der Waals surface area contributed by atoms with Crippen molar-refractivity contribution in [1.82, 2.24) is 10.2 Å². The fourth-order valence-corrected chi connectivity index (χ4v) is 5.11. The number of methoxy groups -OCH3 is 1. The van der Waals surface area contributed by atoms with Crippen LogP contribution in [-0.4, -0.2) is 74.8 Å². The van der Waals surface area contributed by atoms with Crippen molar-refractivity contribution >= 4 is 23.4 Å². The summed E-state index contributed by atoms with van der Waals surface area (Å²) in [6.07, 6.45) is 5.14. The smallest absolute Gasteiger partial charge is 0.257 e. The van der Waals surface area contributed by atoms with E-state index in [0.29, 0.717) is 36.6 Å². The number of hydrogen-bond acceptors (Lipinski definition) is 6. The minimum atomic E-state index is -0.325. The van der Waals surface area contributed by atoms with Gasteiger partial charge in [-0.15, -0.1) is 0 Å². The Morgan fingerprint density at radius 2 is 1.97 bits per heavy atom. The van der Waals surface area contributed by atoms with Crippen LogP contribution in [0.3, 0.4) is 0 Å². The Bertz CT molecular complexity index is 901. The Labute approximate surface area is 200 Å². The Hall–Kier alpha value is -2.65. The number of carbonyl (C=O) groups excluding carboxylic acids is 3. The molecule has 9 nitrogen and oxygen atoms in total. The summed E-state index contributed by atoms with van der Waals surface area (Å²) in [4.78, 5) is 39.8. The first-order valence-electron chi connectivity index (χ1n) is 12.2. The highest BCUT2D eigenvalue weighted by molar-refractivity contribution is 6.00. The number of rotatable bonds is 7. The van der Waals surface area contributed by atoms with Crippen LogP contribution in [0.15, 0.2) is 18.2 Å². The highest BCUT2D eigenvalue weighted by atomic mass is 16.5. The summed E-state index contributed by atoms with van der Waals surface area (Å²) in [5.41, 5.74) is 1.04. The van der Waals surface area contributed by atoms with Gasteiger partial charge in [-0.2, -0.15) is 0 Å². The summed E-state index contributed by atoms with van der Waals surface area (Å²) in [7, 11) is 3.37. The van der Waals surface area contributed by atoms with Gasteiger partial charge in [-0.3, -0.25) is 14.4 Å².